The van der Waals surface area contributed by atoms with Crippen LogP contribution in [0.1, 0.15) is 17.5 Å². The van der Waals surface area contributed by atoms with Crippen LogP contribution in [0.25, 0.3) is 0 Å². The van der Waals surface area contributed by atoms with Crippen LogP contribution in [-0.4, -0.2) is 32.7 Å². The van der Waals surface area contributed by atoms with E-state index in [9.17, 15) is 4.79 Å². The first kappa shape index (κ1) is 15.2. The van der Waals surface area contributed by atoms with E-state index in [1.807, 2.05) is 25.1 Å². The second kappa shape index (κ2) is 8.25. The molecule has 0 N–H and O–H groups in total. The van der Waals surface area contributed by atoms with Gasteiger partial charge in [0.05, 0.1) is 19.8 Å². The summed E-state index contributed by atoms with van der Waals surface area (Å²) in [5.41, 5.74) is 1.98. The van der Waals surface area contributed by atoms with Crippen molar-refractivity contribution in [3.8, 4) is 0 Å². The van der Waals surface area contributed by atoms with E-state index in [2.05, 4.69) is 0 Å². The van der Waals surface area contributed by atoms with Crippen LogP contribution >= 0.6 is 11.6 Å². The van der Waals surface area contributed by atoms with E-state index in [-0.39, 0.29) is 5.78 Å². The third kappa shape index (κ3) is 5.63. The van der Waals surface area contributed by atoms with Crippen molar-refractivity contribution in [1.29, 1.82) is 0 Å². The highest BCUT2D eigenvalue weighted by molar-refractivity contribution is 6.31. The quantitative estimate of drug-likeness (QED) is 0.682. The average Bonchev–Trinajstić information content (AvgIpc) is 2.32. The lowest BCUT2D eigenvalue weighted by Gasteiger charge is -2.05. The van der Waals surface area contributed by atoms with E-state index < -0.39 is 0 Å². The molecule has 0 saturated carbocycles. The zero-order valence-corrected chi connectivity index (χ0v) is 11.6. The Morgan fingerprint density at radius 2 is 2.06 bits per heavy atom. The number of methoxy groups -OCH3 is 1. The summed E-state index contributed by atoms with van der Waals surface area (Å²) < 4.78 is 10.1. The number of benzene rings is 1. The number of carbonyl (C=O) groups excluding carboxylic acids is 1. The van der Waals surface area contributed by atoms with Crippen LogP contribution in [0.2, 0.25) is 5.02 Å². The summed E-state index contributed by atoms with van der Waals surface area (Å²) in [6.07, 6.45) is 0.778. The number of Topliss-reactive ketones (excluding diaryl/α,β-unsaturated/α-hetero) is 1. The van der Waals surface area contributed by atoms with Gasteiger partial charge in [0, 0.05) is 25.0 Å². The Labute approximate surface area is 113 Å². The van der Waals surface area contributed by atoms with Gasteiger partial charge in [0.1, 0.15) is 5.78 Å². The summed E-state index contributed by atoms with van der Waals surface area (Å²) in [6.45, 7) is 3.49. The van der Waals surface area contributed by atoms with Gasteiger partial charge in [-0.2, -0.15) is 0 Å². The van der Waals surface area contributed by atoms with Crippen LogP contribution in [0, 0.1) is 6.92 Å². The van der Waals surface area contributed by atoms with Crippen LogP contribution in [0.15, 0.2) is 18.2 Å². The molecule has 1 aromatic carbocycles. The van der Waals surface area contributed by atoms with E-state index in [0.29, 0.717) is 37.7 Å². The van der Waals surface area contributed by atoms with Crippen LogP contribution in [0.5, 0.6) is 0 Å². The third-order valence-corrected chi connectivity index (χ3v) is 2.91. The molecule has 0 spiro atoms. The maximum absolute atomic E-state index is 11.7. The largest absolute Gasteiger partial charge is 0.382 e. The van der Waals surface area contributed by atoms with Gasteiger partial charge < -0.3 is 9.47 Å². The third-order valence-electron chi connectivity index (χ3n) is 2.55. The highest BCUT2D eigenvalue weighted by Crippen LogP contribution is 2.18. The lowest BCUT2D eigenvalue weighted by atomic mass is 10.1. The Balaban J connectivity index is 2.31. The number of rotatable bonds is 8. The van der Waals surface area contributed by atoms with Gasteiger partial charge >= 0.3 is 0 Å². The van der Waals surface area contributed by atoms with Crippen LogP contribution in [0.3, 0.4) is 0 Å². The Bertz CT molecular complexity index is 391. The Morgan fingerprint density at radius 3 is 2.72 bits per heavy atom. The molecule has 0 aliphatic rings. The Hall–Kier alpha value is -0.900. The Morgan fingerprint density at radius 1 is 1.28 bits per heavy atom. The summed E-state index contributed by atoms with van der Waals surface area (Å²) in [5.74, 6) is 0.137. The number of ketones is 1. The summed E-state index contributed by atoms with van der Waals surface area (Å²) in [5, 5.41) is 0.656. The van der Waals surface area contributed by atoms with E-state index >= 15 is 0 Å². The topological polar surface area (TPSA) is 35.5 Å². The van der Waals surface area contributed by atoms with Gasteiger partial charge in [0.2, 0.25) is 0 Å². The van der Waals surface area contributed by atoms with Gasteiger partial charge in [-0.05, 0) is 24.1 Å². The number of carbonyl (C=O) groups is 1. The zero-order valence-electron chi connectivity index (χ0n) is 10.9. The number of hydrogen-bond acceptors (Lipinski definition) is 3. The van der Waals surface area contributed by atoms with E-state index in [1.54, 1.807) is 7.11 Å². The molecule has 0 atom stereocenters. The van der Waals surface area contributed by atoms with Gasteiger partial charge in [-0.25, -0.2) is 0 Å². The van der Waals surface area contributed by atoms with Crippen LogP contribution < -0.4 is 0 Å². The minimum Gasteiger partial charge on any atom is -0.382 e. The molecule has 0 aromatic heterocycles. The van der Waals surface area contributed by atoms with Gasteiger partial charge in [-0.1, -0.05) is 23.7 Å². The fourth-order valence-electron chi connectivity index (χ4n) is 1.53. The number of ether oxygens (including phenoxy) is 2. The van der Waals surface area contributed by atoms with E-state index in [1.165, 1.54) is 0 Å². The molecule has 3 nitrogen and oxygen atoms in total. The van der Waals surface area contributed by atoms with Gasteiger partial charge in [0.15, 0.2) is 0 Å². The number of halogens is 1. The maximum atomic E-state index is 11.7. The number of hydrogen-bond donors (Lipinski definition) is 0. The lowest BCUT2D eigenvalue weighted by molar-refractivity contribution is -0.119. The lowest BCUT2D eigenvalue weighted by Crippen LogP contribution is -2.10. The fraction of sp³-hybridized carbons (Fsp3) is 0.500. The molecule has 0 amide bonds. The molecule has 0 radical (unpaired) electrons. The Kier molecular flexibility index (Phi) is 6.94. The second-order valence-corrected chi connectivity index (χ2v) is 4.57. The molecule has 0 fully saturated rings. The van der Waals surface area contributed by atoms with Crippen molar-refractivity contribution in [3.63, 3.8) is 0 Å². The zero-order chi connectivity index (χ0) is 13.4. The molecule has 18 heavy (non-hydrogen) atoms. The van der Waals surface area contributed by atoms with Crippen molar-refractivity contribution in [1.82, 2.24) is 0 Å². The van der Waals surface area contributed by atoms with Crippen molar-refractivity contribution in [2.24, 2.45) is 0 Å². The molecule has 0 bridgehead atoms. The maximum Gasteiger partial charge on any atom is 0.139 e. The first-order valence-electron chi connectivity index (χ1n) is 5.97. The molecule has 1 rings (SSSR count). The smallest absolute Gasteiger partial charge is 0.139 e. The van der Waals surface area contributed by atoms with Crippen molar-refractivity contribution in [2.45, 2.75) is 19.8 Å². The number of aryl methyl sites for hydroxylation is 1. The molecule has 0 aliphatic heterocycles. The molecular formula is C14H19ClO3. The molecule has 4 heteroatoms. The standard InChI is InChI=1S/C14H19ClO3/c1-11-3-4-12(14(15)9-11)10-13(16)5-6-18-8-7-17-2/h3-4,9H,5-8,10H2,1-2H3. The minimum atomic E-state index is 0.137. The van der Waals surface area contributed by atoms with Crippen molar-refractivity contribution in [3.05, 3.63) is 34.3 Å². The fourth-order valence-corrected chi connectivity index (χ4v) is 1.83. The SMILES string of the molecule is COCCOCCC(=O)Cc1ccc(C)cc1Cl. The monoisotopic (exact) mass is 270 g/mol. The van der Waals surface area contributed by atoms with Gasteiger partial charge in [0.25, 0.3) is 0 Å². The first-order chi connectivity index (χ1) is 8.63. The molecule has 1 aromatic rings. The van der Waals surface area contributed by atoms with Crippen molar-refractivity contribution in [2.75, 3.05) is 26.9 Å². The van der Waals surface area contributed by atoms with E-state index in [4.69, 9.17) is 21.1 Å². The van der Waals surface area contributed by atoms with Crippen molar-refractivity contribution < 1.29 is 14.3 Å². The molecule has 0 unspecified atom stereocenters. The average molecular weight is 271 g/mol. The highest BCUT2D eigenvalue weighted by atomic mass is 35.5. The van der Waals surface area contributed by atoms with Gasteiger partial charge in [-0.15, -0.1) is 0 Å². The minimum absolute atomic E-state index is 0.137. The predicted octanol–water partition coefficient (Wildman–Crippen LogP) is 2.81. The van der Waals surface area contributed by atoms with Gasteiger partial charge in [-0.3, -0.25) is 4.79 Å². The van der Waals surface area contributed by atoms with Crippen molar-refractivity contribution >= 4 is 17.4 Å². The van der Waals surface area contributed by atoms with Crippen LogP contribution in [-0.2, 0) is 20.7 Å². The summed E-state index contributed by atoms with van der Waals surface area (Å²) in [6, 6.07) is 5.74. The molecule has 100 valence electrons. The van der Waals surface area contributed by atoms with Crippen LogP contribution in [0.4, 0.5) is 0 Å². The molecule has 0 saturated heterocycles. The summed E-state index contributed by atoms with van der Waals surface area (Å²) in [7, 11) is 1.62. The molecule has 0 aliphatic carbocycles. The predicted molar refractivity (Wildman–Crippen MR) is 72.2 cm³/mol. The normalized spacial score (nSPS) is 10.6. The summed E-state index contributed by atoms with van der Waals surface area (Å²) >= 11 is 6.08. The summed E-state index contributed by atoms with van der Waals surface area (Å²) in [4.78, 5) is 11.7. The molecule has 0 heterocycles. The molecular weight excluding hydrogens is 252 g/mol. The van der Waals surface area contributed by atoms with E-state index in [0.717, 1.165) is 11.1 Å². The first-order valence-corrected chi connectivity index (χ1v) is 6.34. The highest BCUT2D eigenvalue weighted by Gasteiger charge is 2.07. The second-order valence-electron chi connectivity index (χ2n) is 4.17.